The number of nitrogens with one attached hydrogen (secondary N) is 1. The zero-order chi connectivity index (χ0) is 20.8. The van der Waals surface area contributed by atoms with Crippen LogP contribution in [0.1, 0.15) is 34.7 Å². The molecule has 5 rings (SSSR count). The van der Waals surface area contributed by atoms with E-state index in [-0.39, 0.29) is 5.28 Å². The van der Waals surface area contributed by atoms with Crippen molar-refractivity contribution in [3.05, 3.63) is 46.0 Å². The minimum absolute atomic E-state index is 0.253. The number of aryl methyl sites for hydroxylation is 1. The van der Waals surface area contributed by atoms with Crippen LogP contribution in [-0.2, 0) is 12.8 Å². The Bertz CT molecular complexity index is 1120. The van der Waals surface area contributed by atoms with Gasteiger partial charge in [-0.1, -0.05) is 6.07 Å². The highest BCUT2D eigenvalue weighted by atomic mass is 35.5. The number of hydrogen-bond acceptors (Lipinski definition) is 5. The monoisotopic (exact) mass is 426 g/mol. The van der Waals surface area contributed by atoms with E-state index in [1.165, 1.54) is 21.4 Å². The Morgan fingerprint density at radius 3 is 2.80 bits per heavy atom. The van der Waals surface area contributed by atoms with Gasteiger partial charge in [0.05, 0.1) is 17.4 Å². The van der Waals surface area contributed by atoms with Gasteiger partial charge in [-0.05, 0) is 60.9 Å². The van der Waals surface area contributed by atoms with Crippen LogP contribution in [0.4, 0.5) is 10.6 Å². The first-order valence-corrected chi connectivity index (χ1v) is 10.6. The normalized spacial score (nSPS) is 19.2. The highest BCUT2D eigenvalue weighted by molar-refractivity contribution is 6.28. The Kier molecular flexibility index (Phi) is 4.73. The first-order valence-electron chi connectivity index (χ1n) is 10.2. The SMILES string of the molecule is Cc1ccc2[nH]ncc2c1C1CCc2c(nc(Cl)nc2N2CCN(C(=O)O)CC2)C1. The molecule has 2 aromatic heterocycles. The number of halogens is 1. The second kappa shape index (κ2) is 7.43. The van der Waals surface area contributed by atoms with Crippen molar-refractivity contribution in [2.24, 2.45) is 0 Å². The molecule has 1 aliphatic heterocycles. The molecule has 1 atom stereocenters. The number of hydrogen-bond donors (Lipinski definition) is 2. The standard InChI is InChI=1S/C21H23ClN6O2/c1-12-2-5-16-15(11-23-26-16)18(12)13-3-4-14-17(10-13)24-20(22)25-19(14)27-6-8-28(9-7-27)21(29)30/h2,5,11,13H,3-4,6-10H2,1H3,(H,23,26)(H,29,30). The van der Waals surface area contributed by atoms with Crippen LogP contribution in [0.2, 0.25) is 5.28 Å². The van der Waals surface area contributed by atoms with Crippen LogP contribution in [0.25, 0.3) is 10.9 Å². The Morgan fingerprint density at radius 1 is 1.23 bits per heavy atom. The molecule has 0 bridgehead atoms. The first kappa shape index (κ1) is 19.1. The third kappa shape index (κ3) is 3.25. The number of fused-ring (bicyclic) bond motifs is 2. The van der Waals surface area contributed by atoms with Crippen molar-refractivity contribution in [3.63, 3.8) is 0 Å². The fraction of sp³-hybridized carbons (Fsp3) is 0.429. The third-order valence-corrected chi connectivity index (χ3v) is 6.54. The predicted octanol–water partition coefficient (Wildman–Crippen LogP) is 3.39. The molecule has 1 aliphatic carbocycles. The summed E-state index contributed by atoms with van der Waals surface area (Å²) in [6.45, 7) is 4.32. The molecule has 0 radical (unpaired) electrons. The first-order chi connectivity index (χ1) is 14.5. The van der Waals surface area contributed by atoms with Crippen LogP contribution in [0.5, 0.6) is 0 Å². The van der Waals surface area contributed by atoms with Crippen molar-refractivity contribution in [1.82, 2.24) is 25.1 Å². The van der Waals surface area contributed by atoms with E-state index in [0.717, 1.165) is 41.9 Å². The lowest BCUT2D eigenvalue weighted by atomic mass is 9.79. The summed E-state index contributed by atoms with van der Waals surface area (Å²) < 4.78 is 0. The summed E-state index contributed by atoms with van der Waals surface area (Å²) in [5.41, 5.74) is 5.80. The third-order valence-electron chi connectivity index (χ3n) is 6.37. The van der Waals surface area contributed by atoms with Gasteiger partial charge in [-0.3, -0.25) is 5.10 Å². The largest absolute Gasteiger partial charge is 0.465 e. The highest BCUT2D eigenvalue weighted by Crippen LogP contribution is 2.39. The summed E-state index contributed by atoms with van der Waals surface area (Å²) in [6, 6.07) is 4.22. The lowest BCUT2D eigenvalue weighted by molar-refractivity contribution is 0.142. The number of anilines is 1. The van der Waals surface area contributed by atoms with E-state index in [0.29, 0.717) is 32.1 Å². The minimum atomic E-state index is -0.871. The molecule has 1 amide bonds. The second-order valence-electron chi connectivity index (χ2n) is 8.07. The number of aromatic nitrogens is 4. The molecule has 8 nitrogen and oxygen atoms in total. The smallest absolute Gasteiger partial charge is 0.407 e. The van der Waals surface area contributed by atoms with E-state index in [9.17, 15) is 9.90 Å². The van der Waals surface area contributed by atoms with E-state index in [1.54, 1.807) is 0 Å². The molecule has 30 heavy (non-hydrogen) atoms. The van der Waals surface area contributed by atoms with Crippen LogP contribution in [0, 0.1) is 6.92 Å². The molecular formula is C21H23ClN6O2. The molecule has 9 heteroatoms. The average molecular weight is 427 g/mol. The van der Waals surface area contributed by atoms with Crippen LogP contribution in [-0.4, -0.2) is 62.4 Å². The number of carboxylic acid groups (broad SMARTS) is 1. The zero-order valence-electron chi connectivity index (χ0n) is 16.7. The minimum Gasteiger partial charge on any atom is -0.465 e. The van der Waals surface area contributed by atoms with Crippen LogP contribution in [0.3, 0.4) is 0 Å². The lowest BCUT2D eigenvalue weighted by Crippen LogP contribution is -2.49. The van der Waals surface area contributed by atoms with Gasteiger partial charge in [-0.25, -0.2) is 14.8 Å². The lowest BCUT2D eigenvalue weighted by Gasteiger charge is -2.36. The maximum Gasteiger partial charge on any atom is 0.407 e. The second-order valence-corrected chi connectivity index (χ2v) is 8.40. The molecule has 156 valence electrons. The number of benzene rings is 1. The van der Waals surface area contributed by atoms with Gasteiger partial charge in [-0.2, -0.15) is 5.10 Å². The quantitative estimate of drug-likeness (QED) is 0.609. The molecule has 1 saturated heterocycles. The maximum absolute atomic E-state index is 11.2. The average Bonchev–Trinajstić information content (AvgIpc) is 3.21. The topological polar surface area (TPSA) is 98.2 Å². The molecule has 2 N–H and O–H groups in total. The van der Waals surface area contributed by atoms with E-state index < -0.39 is 6.09 Å². The summed E-state index contributed by atoms with van der Waals surface area (Å²) in [5.74, 6) is 1.22. The van der Waals surface area contributed by atoms with Crippen molar-refractivity contribution in [1.29, 1.82) is 0 Å². The Labute approximate surface area is 178 Å². The van der Waals surface area contributed by atoms with Gasteiger partial charge in [0.1, 0.15) is 5.82 Å². The van der Waals surface area contributed by atoms with E-state index in [1.807, 2.05) is 6.20 Å². The summed E-state index contributed by atoms with van der Waals surface area (Å²) >= 11 is 6.31. The van der Waals surface area contributed by atoms with Crippen molar-refractivity contribution in [2.45, 2.75) is 32.1 Å². The van der Waals surface area contributed by atoms with Gasteiger partial charge in [0, 0.05) is 37.1 Å². The number of amides is 1. The summed E-state index contributed by atoms with van der Waals surface area (Å²) in [5, 5.41) is 17.9. The van der Waals surface area contributed by atoms with Gasteiger partial charge in [0.25, 0.3) is 0 Å². The summed E-state index contributed by atoms with van der Waals surface area (Å²) in [7, 11) is 0. The van der Waals surface area contributed by atoms with Crippen molar-refractivity contribution in [2.75, 3.05) is 31.1 Å². The van der Waals surface area contributed by atoms with Gasteiger partial charge in [-0.15, -0.1) is 0 Å². The molecule has 2 aliphatic rings. The Morgan fingerprint density at radius 2 is 2.03 bits per heavy atom. The van der Waals surface area contributed by atoms with Crippen molar-refractivity contribution in [3.8, 4) is 0 Å². The summed E-state index contributed by atoms with van der Waals surface area (Å²) in [6.07, 6.45) is 3.73. The molecule has 3 heterocycles. The molecule has 0 saturated carbocycles. The number of aromatic amines is 1. The van der Waals surface area contributed by atoms with Gasteiger partial charge >= 0.3 is 6.09 Å². The number of H-pyrrole nitrogens is 1. The van der Waals surface area contributed by atoms with Crippen molar-refractivity contribution < 1.29 is 9.90 Å². The maximum atomic E-state index is 11.2. The molecule has 1 unspecified atom stereocenters. The Hall–Kier alpha value is -2.87. The molecule has 1 aromatic carbocycles. The van der Waals surface area contributed by atoms with E-state index in [4.69, 9.17) is 11.6 Å². The highest BCUT2D eigenvalue weighted by Gasteiger charge is 2.30. The molecule has 1 fully saturated rings. The van der Waals surface area contributed by atoms with Crippen molar-refractivity contribution >= 4 is 34.4 Å². The Balaban J connectivity index is 1.46. The molecular weight excluding hydrogens is 404 g/mol. The predicted molar refractivity (Wildman–Crippen MR) is 114 cm³/mol. The fourth-order valence-corrected chi connectivity index (χ4v) is 5.06. The number of nitrogens with zero attached hydrogens (tertiary/aromatic N) is 5. The van der Waals surface area contributed by atoms with E-state index in [2.05, 4.69) is 44.1 Å². The van der Waals surface area contributed by atoms with Crippen LogP contribution >= 0.6 is 11.6 Å². The molecule has 0 spiro atoms. The van der Waals surface area contributed by atoms with Gasteiger partial charge < -0.3 is 14.9 Å². The van der Waals surface area contributed by atoms with Gasteiger partial charge in [0.2, 0.25) is 5.28 Å². The summed E-state index contributed by atoms with van der Waals surface area (Å²) in [4.78, 5) is 23.9. The van der Waals surface area contributed by atoms with E-state index >= 15 is 0 Å². The molecule has 3 aromatic rings. The zero-order valence-corrected chi connectivity index (χ0v) is 17.5. The van der Waals surface area contributed by atoms with Gasteiger partial charge in [0.15, 0.2) is 0 Å². The van der Waals surface area contributed by atoms with Crippen LogP contribution in [0.15, 0.2) is 18.3 Å². The number of piperazine rings is 1. The fourth-order valence-electron chi connectivity index (χ4n) is 4.87. The number of rotatable bonds is 2. The van der Waals surface area contributed by atoms with Crippen LogP contribution < -0.4 is 4.90 Å². The number of carbonyl (C=O) groups is 1.